The van der Waals surface area contributed by atoms with Gasteiger partial charge in [0, 0.05) is 37.6 Å². The molecule has 0 aliphatic carbocycles. The lowest BCUT2D eigenvalue weighted by Crippen LogP contribution is -2.47. The summed E-state index contributed by atoms with van der Waals surface area (Å²) in [6.07, 6.45) is 6.19. The first-order valence-electron chi connectivity index (χ1n) is 8.56. The van der Waals surface area contributed by atoms with E-state index in [-0.39, 0.29) is 12.6 Å². The van der Waals surface area contributed by atoms with Gasteiger partial charge in [0.1, 0.15) is 5.82 Å². The number of pyridine rings is 1. The molecule has 142 valence electrons. The maximum atomic E-state index is 11.3. The molecule has 0 spiro atoms. The predicted molar refractivity (Wildman–Crippen MR) is 101 cm³/mol. The first-order chi connectivity index (χ1) is 13.0. The van der Waals surface area contributed by atoms with Crippen LogP contribution in [0.5, 0.6) is 0 Å². The molecule has 3 aromatic heterocycles. The SMILES string of the molecule is CS(=O)(=O)NCC1CN(c2cc(-c3cnc4cccnn34)ccn2)CCO1. The largest absolute Gasteiger partial charge is 0.373 e. The number of morpholine rings is 1. The van der Waals surface area contributed by atoms with Gasteiger partial charge >= 0.3 is 0 Å². The predicted octanol–water partition coefficient (Wildman–Crippen LogP) is 0.546. The zero-order valence-corrected chi connectivity index (χ0v) is 15.6. The maximum Gasteiger partial charge on any atom is 0.208 e. The highest BCUT2D eigenvalue weighted by atomic mass is 32.2. The number of hydrogen-bond acceptors (Lipinski definition) is 7. The van der Waals surface area contributed by atoms with Gasteiger partial charge in [0.15, 0.2) is 5.65 Å². The second kappa shape index (κ2) is 7.22. The molecule has 0 saturated carbocycles. The Kier molecular flexibility index (Phi) is 4.77. The van der Waals surface area contributed by atoms with E-state index in [0.29, 0.717) is 19.7 Å². The number of rotatable bonds is 5. The third kappa shape index (κ3) is 4.07. The van der Waals surface area contributed by atoms with Gasteiger partial charge in [-0.25, -0.2) is 27.6 Å². The first-order valence-corrected chi connectivity index (χ1v) is 10.5. The number of ether oxygens (including phenoxy) is 1. The van der Waals surface area contributed by atoms with Crippen LogP contribution < -0.4 is 9.62 Å². The molecule has 1 fully saturated rings. The van der Waals surface area contributed by atoms with E-state index in [0.717, 1.165) is 29.0 Å². The van der Waals surface area contributed by atoms with Gasteiger partial charge in [-0.3, -0.25) is 0 Å². The fourth-order valence-corrected chi connectivity index (χ4v) is 3.56. The molecule has 0 radical (unpaired) electrons. The Hall–Kier alpha value is -2.56. The van der Waals surface area contributed by atoms with Crippen molar-refractivity contribution in [3.8, 4) is 11.3 Å². The topological polar surface area (TPSA) is 102 Å². The minimum absolute atomic E-state index is 0.226. The van der Waals surface area contributed by atoms with E-state index in [4.69, 9.17) is 4.74 Å². The summed E-state index contributed by atoms with van der Waals surface area (Å²) in [4.78, 5) is 11.0. The summed E-state index contributed by atoms with van der Waals surface area (Å²) in [6.45, 7) is 2.01. The molecule has 27 heavy (non-hydrogen) atoms. The number of imidazole rings is 1. The molecule has 1 aliphatic rings. The van der Waals surface area contributed by atoms with Crippen LogP contribution in [0, 0.1) is 0 Å². The van der Waals surface area contributed by atoms with Crippen LogP contribution in [-0.2, 0) is 14.8 Å². The summed E-state index contributed by atoms with van der Waals surface area (Å²) < 4.78 is 32.6. The molecule has 1 atom stereocenters. The van der Waals surface area contributed by atoms with Gasteiger partial charge in [-0.2, -0.15) is 5.10 Å². The van der Waals surface area contributed by atoms with Gasteiger partial charge < -0.3 is 9.64 Å². The van der Waals surface area contributed by atoms with Gasteiger partial charge in [-0.05, 0) is 24.3 Å². The van der Waals surface area contributed by atoms with Gasteiger partial charge in [0.2, 0.25) is 10.0 Å². The van der Waals surface area contributed by atoms with Gasteiger partial charge in [0.25, 0.3) is 0 Å². The number of aromatic nitrogens is 4. The first kappa shape index (κ1) is 17.8. The maximum absolute atomic E-state index is 11.3. The van der Waals surface area contributed by atoms with Gasteiger partial charge in [0.05, 0.1) is 30.9 Å². The normalized spacial score (nSPS) is 18.1. The molecule has 0 aromatic carbocycles. The molecule has 10 heteroatoms. The number of hydrogen-bond donors (Lipinski definition) is 1. The van der Waals surface area contributed by atoms with Crippen LogP contribution in [0.4, 0.5) is 5.82 Å². The fourth-order valence-electron chi connectivity index (χ4n) is 3.07. The number of nitrogens with zero attached hydrogens (tertiary/aromatic N) is 5. The van der Waals surface area contributed by atoms with Crippen molar-refractivity contribution in [1.82, 2.24) is 24.3 Å². The fraction of sp³-hybridized carbons (Fsp3) is 0.353. The molecule has 1 aliphatic heterocycles. The van der Waals surface area contributed by atoms with Crippen molar-refractivity contribution in [2.75, 3.05) is 37.4 Å². The van der Waals surface area contributed by atoms with Crippen LogP contribution in [-0.4, -0.2) is 66.6 Å². The molecule has 1 unspecified atom stereocenters. The van der Waals surface area contributed by atoms with Crippen LogP contribution in [0.25, 0.3) is 16.9 Å². The van der Waals surface area contributed by atoms with E-state index in [1.807, 2.05) is 24.3 Å². The lowest BCUT2D eigenvalue weighted by Gasteiger charge is -2.33. The standard InChI is InChI=1S/C17H20N6O3S/c1-27(24,25)21-10-14-12-22(7-8-26-14)17-9-13(4-6-18-17)15-11-19-16-3-2-5-20-23(15)16/h2-6,9,11,14,21H,7-8,10,12H2,1H3. The minimum atomic E-state index is -3.24. The van der Waals surface area contributed by atoms with Crippen LogP contribution in [0.15, 0.2) is 42.9 Å². The van der Waals surface area contributed by atoms with Crippen molar-refractivity contribution < 1.29 is 13.2 Å². The number of nitrogens with one attached hydrogen (secondary N) is 1. The number of sulfonamides is 1. The van der Waals surface area contributed by atoms with Gasteiger partial charge in [-0.1, -0.05) is 0 Å². The Morgan fingerprint density at radius 2 is 2.19 bits per heavy atom. The molecular weight excluding hydrogens is 368 g/mol. The van der Waals surface area contributed by atoms with E-state index in [9.17, 15) is 8.42 Å². The molecule has 4 heterocycles. The van der Waals surface area contributed by atoms with Crippen molar-refractivity contribution in [2.45, 2.75) is 6.10 Å². The quantitative estimate of drug-likeness (QED) is 0.681. The summed E-state index contributed by atoms with van der Waals surface area (Å²) in [7, 11) is -3.24. The highest BCUT2D eigenvalue weighted by molar-refractivity contribution is 7.88. The molecule has 9 nitrogen and oxygen atoms in total. The van der Waals surface area contributed by atoms with Crippen LogP contribution in [0.2, 0.25) is 0 Å². The monoisotopic (exact) mass is 388 g/mol. The molecule has 0 bridgehead atoms. The van der Waals surface area contributed by atoms with Crippen molar-refractivity contribution in [3.05, 3.63) is 42.9 Å². The second-order valence-corrected chi connectivity index (χ2v) is 8.23. The van der Waals surface area contributed by atoms with Crippen LogP contribution in [0.3, 0.4) is 0 Å². The Labute approximate surface area is 157 Å². The zero-order valence-electron chi connectivity index (χ0n) is 14.8. The lowest BCUT2D eigenvalue weighted by molar-refractivity contribution is 0.0440. The van der Waals surface area contributed by atoms with Gasteiger partial charge in [-0.15, -0.1) is 0 Å². The molecule has 4 rings (SSSR count). The second-order valence-electron chi connectivity index (χ2n) is 6.40. The summed E-state index contributed by atoms with van der Waals surface area (Å²) in [5.41, 5.74) is 2.63. The van der Waals surface area contributed by atoms with Crippen LogP contribution >= 0.6 is 0 Å². The Balaban J connectivity index is 1.55. The third-order valence-electron chi connectivity index (χ3n) is 4.36. The molecular formula is C17H20N6O3S. The highest BCUT2D eigenvalue weighted by Gasteiger charge is 2.23. The molecule has 1 saturated heterocycles. The molecule has 3 aromatic rings. The summed E-state index contributed by atoms with van der Waals surface area (Å²) in [5.74, 6) is 0.811. The lowest BCUT2D eigenvalue weighted by atomic mass is 10.2. The summed E-state index contributed by atoms with van der Waals surface area (Å²) >= 11 is 0. The minimum Gasteiger partial charge on any atom is -0.373 e. The van der Waals surface area contributed by atoms with Crippen molar-refractivity contribution in [3.63, 3.8) is 0 Å². The molecule has 1 N–H and O–H groups in total. The third-order valence-corrected chi connectivity index (χ3v) is 5.05. The van der Waals surface area contributed by atoms with Crippen molar-refractivity contribution >= 4 is 21.5 Å². The smallest absolute Gasteiger partial charge is 0.208 e. The van der Waals surface area contributed by atoms with Crippen molar-refractivity contribution in [1.29, 1.82) is 0 Å². The average Bonchev–Trinajstić information content (AvgIpc) is 3.10. The van der Waals surface area contributed by atoms with E-state index >= 15 is 0 Å². The van der Waals surface area contributed by atoms with E-state index in [1.165, 1.54) is 0 Å². The van der Waals surface area contributed by atoms with Crippen LogP contribution in [0.1, 0.15) is 0 Å². The average molecular weight is 388 g/mol. The Bertz CT molecular complexity index is 1050. The van der Waals surface area contributed by atoms with E-state index < -0.39 is 10.0 Å². The van der Waals surface area contributed by atoms with Crippen molar-refractivity contribution in [2.24, 2.45) is 0 Å². The zero-order chi connectivity index (χ0) is 18.9. The highest BCUT2D eigenvalue weighted by Crippen LogP contribution is 2.24. The van der Waals surface area contributed by atoms with E-state index in [1.54, 1.807) is 23.1 Å². The number of fused-ring (bicyclic) bond motifs is 1. The summed E-state index contributed by atoms with van der Waals surface area (Å²) in [5, 5.41) is 4.35. The molecule has 0 amide bonds. The summed E-state index contributed by atoms with van der Waals surface area (Å²) in [6, 6.07) is 7.66. The Morgan fingerprint density at radius 3 is 3.04 bits per heavy atom. The van der Waals surface area contributed by atoms with E-state index in [2.05, 4.69) is 24.7 Å². The Morgan fingerprint density at radius 1 is 1.30 bits per heavy atom. The number of anilines is 1.